The van der Waals surface area contributed by atoms with Crippen LogP contribution in [0.3, 0.4) is 0 Å². The maximum Gasteiger partial charge on any atom is 0.254 e. The fourth-order valence-electron chi connectivity index (χ4n) is 2.84. The fraction of sp³-hybridized carbons (Fsp3) is 0.190. The van der Waals surface area contributed by atoms with E-state index >= 15 is 0 Å². The molecule has 1 aliphatic rings. The summed E-state index contributed by atoms with van der Waals surface area (Å²) >= 11 is 0. The van der Waals surface area contributed by atoms with Gasteiger partial charge in [-0.15, -0.1) is 0 Å². The predicted octanol–water partition coefficient (Wildman–Crippen LogP) is 2.93. The Balaban J connectivity index is 1.25. The van der Waals surface area contributed by atoms with Gasteiger partial charge in [-0.2, -0.15) is 0 Å². The molecule has 3 aromatic rings. The quantitative estimate of drug-likeness (QED) is 0.641. The molecule has 2 aromatic carbocycles. The van der Waals surface area contributed by atoms with Crippen molar-refractivity contribution in [3.8, 4) is 11.5 Å². The Hall–Kier alpha value is -3.68. The number of carbonyl (C=O) groups excluding carboxylic acids is 1. The van der Waals surface area contributed by atoms with Crippen LogP contribution in [-0.4, -0.2) is 29.2 Å². The van der Waals surface area contributed by atoms with Gasteiger partial charge in [0.2, 0.25) is 12.7 Å². The molecule has 2 N–H and O–H groups in total. The summed E-state index contributed by atoms with van der Waals surface area (Å²) in [6, 6.07) is 11.9. The van der Waals surface area contributed by atoms with Gasteiger partial charge in [-0.1, -0.05) is 18.2 Å². The van der Waals surface area contributed by atoms with Crippen LogP contribution in [0.1, 0.15) is 21.5 Å². The van der Waals surface area contributed by atoms with E-state index in [4.69, 9.17) is 9.47 Å². The Labute approximate surface area is 166 Å². The van der Waals surface area contributed by atoms with Crippen molar-refractivity contribution in [3.05, 3.63) is 77.4 Å². The molecule has 1 amide bonds. The average molecular weight is 394 g/mol. The number of carbonyl (C=O) groups is 1. The van der Waals surface area contributed by atoms with Gasteiger partial charge in [0.1, 0.15) is 5.82 Å². The lowest BCUT2D eigenvalue weighted by atomic mass is 10.1. The average Bonchev–Trinajstić information content (AvgIpc) is 3.22. The van der Waals surface area contributed by atoms with Gasteiger partial charge in [0, 0.05) is 25.5 Å². The molecule has 0 aliphatic carbocycles. The molecule has 1 aromatic heterocycles. The molecule has 148 valence electrons. The maximum absolute atomic E-state index is 12.9. The highest BCUT2D eigenvalue weighted by molar-refractivity contribution is 5.93. The largest absolute Gasteiger partial charge is 0.454 e. The van der Waals surface area contributed by atoms with Gasteiger partial charge in [-0.05, 0) is 41.8 Å². The van der Waals surface area contributed by atoms with Gasteiger partial charge in [0.25, 0.3) is 5.91 Å². The summed E-state index contributed by atoms with van der Waals surface area (Å²) in [5, 5.41) is 5.91. The molecule has 0 saturated heterocycles. The van der Waals surface area contributed by atoms with E-state index in [0.29, 0.717) is 42.5 Å². The summed E-state index contributed by atoms with van der Waals surface area (Å²) in [6.45, 7) is 1.17. The highest BCUT2D eigenvalue weighted by Crippen LogP contribution is 2.32. The van der Waals surface area contributed by atoms with Crippen molar-refractivity contribution in [2.24, 2.45) is 0 Å². The SMILES string of the molecule is O=C(NCc1ccc2c(c1)OCO2)c1cnc(NCCc2ccc(F)cc2)nc1. The number of nitrogens with zero attached hydrogens (tertiary/aromatic N) is 2. The van der Waals surface area contributed by atoms with Crippen LogP contribution >= 0.6 is 0 Å². The molecule has 0 spiro atoms. The second-order valence-electron chi connectivity index (χ2n) is 6.47. The van der Waals surface area contributed by atoms with Crippen LogP contribution in [0.25, 0.3) is 0 Å². The van der Waals surface area contributed by atoms with Crippen molar-refractivity contribution >= 4 is 11.9 Å². The third-order valence-corrected chi connectivity index (χ3v) is 4.41. The number of fused-ring (bicyclic) bond motifs is 1. The number of hydrogen-bond acceptors (Lipinski definition) is 6. The summed E-state index contributed by atoms with van der Waals surface area (Å²) in [5.41, 5.74) is 2.29. The number of benzene rings is 2. The number of amides is 1. The lowest BCUT2D eigenvalue weighted by molar-refractivity contribution is 0.0950. The molecule has 0 unspecified atom stereocenters. The van der Waals surface area contributed by atoms with Gasteiger partial charge >= 0.3 is 0 Å². The Bertz CT molecular complexity index is 994. The van der Waals surface area contributed by atoms with Crippen molar-refractivity contribution in [3.63, 3.8) is 0 Å². The van der Waals surface area contributed by atoms with Gasteiger partial charge < -0.3 is 20.1 Å². The molecule has 0 fully saturated rings. The van der Waals surface area contributed by atoms with E-state index in [9.17, 15) is 9.18 Å². The molecule has 0 radical (unpaired) electrons. The molecule has 0 atom stereocenters. The Morgan fingerprint density at radius 1 is 1.00 bits per heavy atom. The summed E-state index contributed by atoms with van der Waals surface area (Å²) in [7, 11) is 0. The topological polar surface area (TPSA) is 85.4 Å². The van der Waals surface area contributed by atoms with Crippen LogP contribution in [0.4, 0.5) is 10.3 Å². The van der Waals surface area contributed by atoms with E-state index in [1.165, 1.54) is 24.5 Å². The van der Waals surface area contributed by atoms with Crippen LogP contribution < -0.4 is 20.1 Å². The highest BCUT2D eigenvalue weighted by Gasteiger charge is 2.14. The molecule has 2 heterocycles. The Kier molecular flexibility index (Phi) is 5.51. The number of ether oxygens (including phenoxy) is 2. The minimum Gasteiger partial charge on any atom is -0.454 e. The van der Waals surface area contributed by atoms with Crippen LogP contribution in [-0.2, 0) is 13.0 Å². The first-order valence-electron chi connectivity index (χ1n) is 9.14. The summed E-state index contributed by atoms with van der Waals surface area (Å²) in [6.07, 6.45) is 3.66. The molecular formula is C21H19FN4O3. The van der Waals surface area contributed by atoms with Crippen LogP contribution in [0.15, 0.2) is 54.9 Å². The molecule has 7 nitrogen and oxygen atoms in total. The lowest BCUT2D eigenvalue weighted by Crippen LogP contribution is -2.23. The number of rotatable bonds is 7. The first-order valence-corrected chi connectivity index (χ1v) is 9.14. The van der Waals surface area contributed by atoms with E-state index in [-0.39, 0.29) is 18.5 Å². The van der Waals surface area contributed by atoms with Crippen molar-refractivity contribution in [2.45, 2.75) is 13.0 Å². The van der Waals surface area contributed by atoms with Crippen LogP contribution in [0.2, 0.25) is 0 Å². The Morgan fingerprint density at radius 2 is 1.72 bits per heavy atom. The third kappa shape index (κ3) is 4.78. The zero-order chi connectivity index (χ0) is 20.1. The predicted molar refractivity (Wildman–Crippen MR) is 104 cm³/mol. The highest BCUT2D eigenvalue weighted by atomic mass is 19.1. The second-order valence-corrected chi connectivity index (χ2v) is 6.47. The van der Waals surface area contributed by atoms with E-state index in [1.807, 2.05) is 18.2 Å². The molecular weight excluding hydrogens is 375 g/mol. The number of hydrogen-bond donors (Lipinski definition) is 2. The third-order valence-electron chi connectivity index (χ3n) is 4.41. The second kappa shape index (κ2) is 8.55. The molecule has 0 bridgehead atoms. The molecule has 0 saturated carbocycles. The number of nitrogens with one attached hydrogen (secondary N) is 2. The van der Waals surface area contributed by atoms with Crippen molar-refractivity contribution < 1.29 is 18.7 Å². The van der Waals surface area contributed by atoms with E-state index in [2.05, 4.69) is 20.6 Å². The fourth-order valence-corrected chi connectivity index (χ4v) is 2.84. The minimum atomic E-state index is -0.263. The van der Waals surface area contributed by atoms with Crippen LogP contribution in [0, 0.1) is 5.82 Å². The van der Waals surface area contributed by atoms with E-state index in [1.54, 1.807) is 12.1 Å². The summed E-state index contributed by atoms with van der Waals surface area (Å²) in [5.74, 6) is 1.30. The first kappa shape index (κ1) is 18.7. The summed E-state index contributed by atoms with van der Waals surface area (Å²) < 4.78 is 23.5. The van der Waals surface area contributed by atoms with E-state index < -0.39 is 0 Å². The van der Waals surface area contributed by atoms with Crippen molar-refractivity contribution in [1.29, 1.82) is 0 Å². The smallest absolute Gasteiger partial charge is 0.254 e. The number of aromatic nitrogens is 2. The lowest BCUT2D eigenvalue weighted by Gasteiger charge is -2.07. The molecule has 1 aliphatic heterocycles. The van der Waals surface area contributed by atoms with E-state index in [0.717, 1.165) is 11.1 Å². The zero-order valence-electron chi connectivity index (χ0n) is 15.5. The van der Waals surface area contributed by atoms with Crippen LogP contribution in [0.5, 0.6) is 11.5 Å². The standard InChI is InChI=1S/C21H19FN4O3/c22-17-4-1-14(2-5-17)7-8-23-21-25-11-16(12-26-21)20(27)24-10-15-3-6-18-19(9-15)29-13-28-18/h1-6,9,11-12H,7-8,10,13H2,(H,24,27)(H,23,25,26). The van der Waals surface area contributed by atoms with Crippen molar-refractivity contribution in [1.82, 2.24) is 15.3 Å². The zero-order valence-corrected chi connectivity index (χ0v) is 15.5. The number of anilines is 1. The molecule has 29 heavy (non-hydrogen) atoms. The maximum atomic E-state index is 12.9. The molecule has 4 rings (SSSR count). The van der Waals surface area contributed by atoms with Gasteiger partial charge in [0.15, 0.2) is 11.5 Å². The van der Waals surface area contributed by atoms with Gasteiger partial charge in [-0.25, -0.2) is 14.4 Å². The number of halogens is 1. The molecule has 8 heteroatoms. The minimum absolute atomic E-state index is 0.215. The monoisotopic (exact) mass is 394 g/mol. The van der Waals surface area contributed by atoms with Gasteiger partial charge in [-0.3, -0.25) is 4.79 Å². The first-order chi connectivity index (χ1) is 14.2. The van der Waals surface area contributed by atoms with Gasteiger partial charge in [0.05, 0.1) is 5.56 Å². The Morgan fingerprint density at radius 3 is 2.52 bits per heavy atom. The van der Waals surface area contributed by atoms with Crippen molar-refractivity contribution in [2.75, 3.05) is 18.7 Å². The normalized spacial score (nSPS) is 11.9. The summed E-state index contributed by atoms with van der Waals surface area (Å²) in [4.78, 5) is 20.6.